The molecule has 0 spiro atoms. The minimum Gasteiger partial charge on any atom is -0.310 e. The second kappa shape index (κ2) is 7.46. The summed E-state index contributed by atoms with van der Waals surface area (Å²) in [5.41, 5.74) is 0.751. The van der Waals surface area contributed by atoms with Crippen LogP contribution in [0.4, 0.5) is 5.69 Å². The molecule has 0 saturated carbocycles. The zero-order valence-corrected chi connectivity index (χ0v) is 12.4. The number of hydrogen-bond donors (Lipinski definition) is 1. The van der Waals surface area contributed by atoms with Gasteiger partial charge in [-0.1, -0.05) is 31.9 Å². The first-order chi connectivity index (χ1) is 8.93. The first-order valence-corrected chi connectivity index (χ1v) is 6.98. The summed E-state index contributed by atoms with van der Waals surface area (Å²) in [5.74, 6) is 0.655. The second-order valence-corrected chi connectivity index (χ2v) is 5.50. The lowest BCUT2D eigenvalue weighted by atomic mass is 10.0. The number of hydrogen-bond acceptors (Lipinski definition) is 3. The van der Waals surface area contributed by atoms with E-state index < -0.39 is 0 Å². The molecule has 0 amide bonds. The maximum atomic E-state index is 11.0. The van der Waals surface area contributed by atoms with E-state index in [1.807, 2.05) is 0 Å². The Morgan fingerprint density at radius 1 is 1.42 bits per heavy atom. The van der Waals surface area contributed by atoms with Crippen molar-refractivity contribution >= 4 is 17.3 Å². The predicted molar refractivity (Wildman–Crippen MR) is 78.5 cm³/mol. The van der Waals surface area contributed by atoms with Crippen LogP contribution < -0.4 is 5.32 Å². The lowest BCUT2D eigenvalue weighted by Gasteiger charge is -2.17. The molecule has 1 aromatic rings. The summed E-state index contributed by atoms with van der Waals surface area (Å²) in [7, 11) is 0. The van der Waals surface area contributed by atoms with Gasteiger partial charge in [0.25, 0.3) is 5.69 Å². The molecular formula is C14H21ClN2O2. The van der Waals surface area contributed by atoms with Crippen molar-refractivity contribution in [2.45, 2.75) is 46.2 Å². The van der Waals surface area contributed by atoms with Gasteiger partial charge in [-0.15, -0.1) is 0 Å². The number of halogens is 1. The molecule has 5 heteroatoms. The van der Waals surface area contributed by atoms with E-state index in [2.05, 4.69) is 26.1 Å². The van der Waals surface area contributed by atoms with Crippen LogP contribution in [0, 0.1) is 16.0 Å². The van der Waals surface area contributed by atoms with Gasteiger partial charge in [0.2, 0.25) is 0 Å². The Balaban J connectivity index is 2.65. The van der Waals surface area contributed by atoms with Crippen LogP contribution in [0.3, 0.4) is 0 Å². The molecule has 0 heterocycles. The molecule has 1 N–H and O–H groups in total. The molecule has 19 heavy (non-hydrogen) atoms. The van der Waals surface area contributed by atoms with E-state index in [0.29, 0.717) is 29.1 Å². The summed E-state index contributed by atoms with van der Waals surface area (Å²) in [6.07, 6.45) is 2.21. The van der Waals surface area contributed by atoms with Crippen molar-refractivity contribution in [2.75, 3.05) is 0 Å². The fourth-order valence-corrected chi connectivity index (χ4v) is 2.16. The molecule has 0 aliphatic carbocycles. The summed E-state index contributed by atoms with van der Waals surface area (Å²) >= 11 is 5.79. The zero-order valence-electron chi connectivity index (χ0n) is 11.6. The highest BCUT2D eigenvalue weighted by Gasteiger charge is 2.15. The van der Waals surface area contributed by atoms with Gasteiger partial charge < -0.3 is 5.32 Å². The Hall–Kier alpha value is -1.13. The minimum atomic E-state index is -0.387. The zero-order chi connectivity index (χ0) is 14.4. The molecule has 0 aromatic heterocycles. The van der Waals surface area contributed by atoms with E-state index in [-0.39, 0.29) is 10.6 Å². The summed E-state index contributed by atoms with van der Waals surface area (Å²) in [6, 6.07) is 5.14. The first kappa shape index (κ1) is 15.9. The Kier molecular flexibility index (Phi) is 6.25. The lowest BCUT2D eigenvalue weighted by Crippen LogP contribution is -2.27. The normalized spacial score (nSPS) is 14.1. The third-order valence-electron chi connectivity index (χ3n) is 3.34. The number of nitro benzene ring substituents is 1. The van der Waals surface area contributed by atoms with E-state index in [1.54, 1.807) is 12.1 Å². The molecule has 0 aliphatic rings. The van der Waals surface area contributed by atoms with Crippen LogP contribution in [0.2, 0.25) is 5.02 Å². The highest BCUT2D eigenvalue weighted by Crippen LogP contribution is 2.23. The molecule has 0 bridgehead atoms. The van der Waals surface area contributed by atoms with Gasteiger partial charge in [-0.3, -0.25) is 10.1 Å². The van der Waals surface area contributed by atoms with Crippen LogP contribution in [-0.2, 0) is 6.54 Å². The average molecular weight is 285 g/mol. The molecule has 2 unspecified atom stereocenters. The smallest absolute Gasteiger partial charge is 0.275 e. The molecule has 0 saturated heterocycles. The Labute approximate surface area is 119 Å². The molecule has 0 fully saturated rings. The molecule has 1 aromatic carbocycles. The first-order valence-electron chi connectivity index (χ1n) is 6.60. The maximum absolute atomic E-state index is 11.0. The van der Waals surface area contributed by atoms with Crippen LogP contribution in [0.5, 0.6) is 0 Å². The van der Waals surface area contributed by atoms with Crippen molar-refractivity contribution in [3.8, 4) is 0 Å². The highest BCUT2D eigenvalue weighted by atomic mass is 35.5. The number of nitrogens with one attached hydrogen (secondary N) is 1. The van der Waals surface area contributed by atoms with Crippen molar-refractivity contribution in [3.63, 3.8) is 0 Å². The lowest BCUT2D eigenvalue weighted by molar-refractivity contribution is -0.385. The van der Waals surface area contributed by atoms with Crippen molar-refractivity contribution in [1.82, 2.24) is 5.32 Å². The standard InChI is InChI=1S/C14H21ClN2O2/c1-4-10(2)7-11(3)16-9-12-5-6-13(15)8-14(12)17(18)19/h5-6,8,10-11,16H,4,7,9H2,1-3H3. The highest BCUT2D eigenvalue weighted by molar-refractivity contribution is 6.30. The molecule has 0 aliphatic heterocycles. The van der Waals surface area contributed by atoms with Crippen LogP contribution in [0.25, 0.3) is 0 Å². The topological polar surface area (TPSA) is 55.2 Å². The maximum Gasteiger partial charge on any atom is 0.275 e. The van der Waals surface area contributed by atoms with E-state index >= 15 is 0 Å². The summed E-state index contributed by atoms with van der Waals surface area (Å²) in [4.78, 5) is 10.6. The Morgan fingerprint density at radius 2 is 2.11 bits per heavy atom. The van der Waals surface area contributed by atoms with E-state index in [0.717, 1.165) is 12.8 Å². The number of benzene rings is 1. The SMILES string of the molecule is CCC(C)CC(C)NCc1ccc(Cl)cc1[N+](=O)[O-]. The van der Waals surface area contributed by atoms with Gasteiger partial charge in [-0.2, -0.15) is 0 Å². The molecule has 106 valence electrons. The van der Waals surface area contributed by atoms with Crippen molar-refractivity contribution in [1.29, 1.82) is 0 Å². The molecular weight excluding hydrogens is 264 g/mol. The molecule has 2 atom stereocenters. The summed E-state index contributed by atoms with van der Waals surface area (Å²) in [6.45, 7) is 6.98. The minimum absolute atomic E-state index is 0.0794. The van der Waals surface area contributed by atoms with Crippen LogP contribution in [0.1, 0.15) is 39.2 Å². The van der Waals surface area contributed by atoms with E-state index in [1.165, 1.54) is 6.07 Å². The molecule has 4 nitrogen and oxygen atoms in total. The van der Waals surface area contributed by atoms with Gasteiger partial charge in [0.05, 0.1) is 4.92 Å². The average Bonchev–Trinajstić information content (AvgIpc) is 2.36. The predicted octanol–water partition coefficient (Wildman–Crippen LogP) is 4.16. The van der Waals surface area contributed by atoms with Gasteiger partial charge >= 0.3 is 0 Å². The van der Waals surface area contributed by atoms with Crippen molar-refractivity contribution in [2.24, 2.45) is 5.92 Å². The number of nitrogens with zero attached hydrogens (tertiary/aromatic N) is 1. The molecule has 1 rings (SSSR count). The van der Waals surface area contributed by atoms with Gasteiger partial charge in [0, 0.05) is 29.2 Å². The van der Waals surface area contributed by atoms with Gasteiger partial charge in [-0.25, -0.2) is 0 Å². The Morgan fingerprint density at radius 3 is 2.68 bits per heavy atom. The van der Waals surface area contributed by atoms with Gasteiger partial charge in [0.1, 0.15) is 0 Å². The van der Waals surface area contributed by atoms with Gasteiger partial charge in [-0.05, 0) is 31.4 Å². The third-order valence-corrected chi connectivity index (χ3v) is 3.57. The van der Waals surface area contributed by atoms with E-state index in [4.69, 9.17) is 11.6 Å². The van der Waals surface area contributed by atoms with Crippen LogP contribution >= 0.6 is 11.6 Å². The van der Waals surface area contributed by atoms with Gasteiger partial charge in [0.15, 0.2) is 0 Å². The Bertz CT molecular complexity index is 437. The summed E-state index contributed by atoms with van der Waals surface area (Å²) in [5, 5.41) is 14.7. The largest absolute Gasteiger partial charge is 0.310 e. The van der Waals surface area contributed by atoms with Crippen LogP contribution in [0.15, 0.2) is 18.2 Å². The fraction of sp³-hybridized carbons (Fsp3) is 0.571. The number of rotatable bonds is 7. The second-order valence-electron chi connectivity index (χ2n) is 5.06. The fourth-order valence-electron chi connectivity index (χ4n) is 1.99. The van der Waals surface area contributed by atoms with Crippen LogP contribution in [-0.4, -0.2) is 11.0 Å². The quantitative estimate of drug-likeness (QED) is 0.604. The van der Waals surface area contributed by atoms with Crippen molar-refractivity contribution < 1.29 is 4.92 Å². The van der Waals surface area contributed by atoms with Crippen molar-refractivity contribution in [3.05, 3.63) is 38.9 Å². The molecule has 0 radical (unpaired) electrons. The number of nitro groups is 1. The van der Waals surface area contributed by atoms with E-state index in [9.17, 15) is 10.1 Å². The third kappa shape index (κ3) is 5.17. The summed E-state index contributed by atoms with van der Waals surface area (Å²) < 4.78 is 0. The monoisotopic (exact) mass is 284 g/mol.